The lowest BCUT2D eigenvalue weighted by Gasteiger charge is -2.19. The zero-order chi connectivity index (χ0) is 19.1. The normalized spacial score (nSPS) is 15.1. The molecule has 4 nitrogen and oxygen atoms in total. The molecule has 0 unspecified atom stereocenters. The van der Waals surface area contributed by atoms with Crippen LogP contribution >= 0.6 is 12.2 Å². The first-order valence-electron chi connectivity index (χ1n) is 8.69. The minimum atomic E-state index is -2.86. The van der Waals surface area contributed by atoms with E-state index in [1.807, 2.05) is 0 Å². The molecule has 0 saturated heterocycles. The Labute approximate surface area is 157 Å². The van der Waals surface area contributed by atoms with Gasteiger partial charge >= 0.3 is 0 Å². The van der Waals surface area contributed by atoms with E-state index in [0.29, 0.717) is 5.56 Å². The Balaban J connectivity index is 2.08. The Morgan fingerprint density at radius 3 is 2.48 bits per heavy atom. The summed E-state index contributed by atoms with van der Waals surface area (Å²) in [4.78, 5) is 19.5. The van der Waals surface area contributed by atoms with Crippen LogP contribution in [0.2, 0.25) is 0 Å². The average Bonchev–Trinajstić information content (AvgIpc) is 3.15. The maximum atomic E-state index is 13.8. The Morgan fingerprint density at radius 2 is 1.85 bits per heavy atom. The maximum Gasteiger partial charge on any atom is 0.264 e. The number of H-pyrrole nitrogens is 1. The van der Waals surface area contributed by atoms with Crippen LogP contribution in [0, 0.1) is 10.6 Å². The summed E-state index contributed by atoms with van der Waals surface area (Å²) >= 11 is 5.32. The van der Waals surface area contributed by atoms with Crippen molar-refractivity contribution in [2.75, 3.05) is 0 Å². The van der Waals surface area contributed by atoms with Gasteiger partial charge in [0.05, 0.1) is 11.1 Å². The van der Waals surface area contributed by atoms with Gasteiger partial charge in [0.15, 0.2) is 4.77 Å². The van der Waals surface area contributed by atoms with E-state index in [1.54, 1.807) is 4.57 Å². The third-order valence-electron chi connectivity index (χ3n) is 4.99. The van der Waals surface area contributed by atoms with Crippen LogP contribution in [0.1, 0.15) is 43.7 Å². The summed E-state index contributed by atoms with van der Waals surface area (Å²) in [6.45, 7) is 0. The van der Waals surface area contributed by atoms with Gasteiger partial charge in [0, 0.05) is 17.2 Å². The first-order chi connectivity index (χ1) is 13.0. The van der Waals surface area contributed by atoms with Gasteiger partial charge < -0.3 is 0 Å². The number of rotatable bonds is 3. The van der Waals surface area contributed by atoms with Crippen LogP contribution in [0.15, 0.2) is 35.1 Å². The molecule has 1 fully saturated rings. The Hall–Kier alpha value is -2.48. The van der Waals surface area contributed by atoms with Crippen molar-refractivity contribution in [3.05, 3.63) is 56.8 Å². The predicted octanol–water partition coefficient (Wildman–Crippen LogP) is 5.31. The predicted molar refractivity (Wildman–Crippen MR) is 99.0 cm³/mol. The summed E-state index contributed by atoms with van der Waals surface area (Å²) in [6, 6.07) is 6.63. The van der Waals surface area contributed by atoms with E-state index >= 15 is 0 Å². The number of halogens is 3. The van der Waals surface area contributed by atoms with E-state index in [9.17, 15) is 18.0 Å². The van der Waals surface area contributed by atoms with Crippen molar-refractivity contribution in [2.45, 2.75) is 38.2 Å². The first kappa shape index (κ1) is 17.9. The number of alkyl halides is 2. The molecule has 1 saturated carbocycles. The number of benzene rings is 1. The average molecular weight is 391 g/mol. The highest BCUT2D eigenvalue weighted by atomic mass is 32.1. The maximum absolute atomic E-state index is 13.8. The van der Waals surface area contributed by atoms with Gasteiger partial charge in [0.25, 0.3) is 12.0 Å². The van der Waals surface area contributed by atoms with E-state index in [1.165, 1.54) is 30.3 Å². The number of pyridine rings is 1. The first-order valence-corrected chi connectivity index (χ1v) is 9.10. The van der Waals surface area contributed by atoms with Crippen molar-refractivity contribution in [1.29, 1.82) is 0 Å². The van der Waals surface area contributed by atoms with Gasteiger partial charge in [-0.1, -0.05) is 12.8 Å². The molecule has 4 rings (SSSR count). The molecule has 3 aromatic rings. The molecule has 27 heavy (non-hydrogen) atoms. The number of nitrogens with zero attached hydrogens (tertiary/aromatic N) is 2. The third kappa shape index (κ3) is 3.18. The molecule has 0 atom stereocenters. The van der Waals surface area contributed by atoms with Crippen LogP contribution < -0.4 is 5.56 Å². The monoisotopic (exact) mass is 391 g/mol. The molecule has 1 aliphatic rings. The van der Waals surface area contributed by atoms with Crippen molar-refractivity contribution >= 4 is 23.3 Å². The third-order valence-corrected chi connectivity index (χ3v) is 5.29. The van der Waals surface area contributed by atoms with Crippen molar-refractivity contribution in [2.24, 2.45) is 0 Å². The zero-order valence-corrected chi connectivity index (χ0v) is 15.0. The summed E-state index contributed by atoms with van der Waals surface area (Å²) in [6.07, 6.45) is 0.853. The highest BCUT2D eigenvalue weighted by Gasteiger charge is 2.24. The van der Waals surface area contributed by atoms with Gasteiger partial charge in [0.2, 0.25) is 0 Å². The van der Waals surface area contributed by atoms with Crippen molar-refractivity contribution in [1.82, 2.24) is 14.5 Å². The molecule has 1 N–H and O–H groups in total. The van der Waals surface area contributed by atoms with Crippen LogP contribution in [0.25, 0.3) is 22.3 Å². The Bertz CT molecular complexity index is 1120. The molecule has 1 aliphatic carbocycles. The van der Waals surface area contributed by atoms with Gasteiger partial charge in [-0.15, -0.1) is 0 Å². The van der Waals surface area contributed by atoms with Crippen LogP contribution in [0.4, 0.5) is 13.2 Å². The standard InChI is InChI=1S/C19H16F3N3OS/c20-11-7-5-10(6-8-11)14-9-13(16(21)22)15-17(23-14)25(12-3-1-2-4-12)19(27)24-18(15)26/h5-9,12,16H,1-4H2,(H,24,26,27). The lowest BCUT2D eigenvalue weighted by Crippen LogP contribution is -2.20. The van der Waals surface area contributed by atoms with E-state index in [-0.39, 0.29) is 27.5 Å². The van der Waals surface area contributed by atoms with E-state index in [0.717, 1.165) is 25.7 Å². The molecule has 0 spiro atoms. The highest BCUT2D eigenvalue weighted by molar-refractivity contribution is 7.71. The van der Waals surface area contributed by atoms with Crippen LogP contribution in [-0.2, 0) is 0 Å². The fourth-order valence-corrected chi connectivity index (χ4v) is 4.04. The van der Waals surface area contributed by atoms with Crippen LogP contribution in [0.5, 0.6) is 0 Å². The SMILES string of the molecule is O=c1[nH]c(=S)n(C2CCCC2)c2nc(-c3ccc(F)cc3)cc(C(F)F)c12. The van der Waals surface area contributed by atoms with E-state index in [4.69, 9.17) is 12.2 Å². The number of nitrogens with one attached hydrogen (secondary N) is 1. The van der Waals surface area contributed by atoms with Gasteiger partial charge in [-0.25, -0.2) is 18.2 Å². The topological polar surface area (TPSA) is 50.7 Å². The summed E-state index contributed by atoms with van der Waals surface area (Å²) in [7, 11) is 0. The van der Waals surface area contributed by atoms with Crippen LogP contribution in [0.3, 0.4) is 0 Å². The zero-order valence-electron chi connectivity index (χ0n) is 14.2. The summed E-state index contributed by atoms with van der Waals surface area (Å²) in [5, 5.41) is -0.142. The Kier molecular flexibility index (Phi) is 4.59. The highest BCUT2D eigenvalue weighted by Crippen LogP contribution is 2.34. The summed E-state index contributed by atoms with van der Waals surface area (Å²) < 4.78 is 42.7. The molecular formula is C19H16F3N3OS. The van der Waals surface area contributed by atoms with Gasteiger partial charge in [-0.05, 0) is 55.4 Å². The number of aromatic amines is 1. The smallest absolute Gasteiger partial charge is 0.264 e. The molecular weight excluding hydrogens is 375 g/mol. The second-order valence-corrected chi connectivity index (χ2v) is 7.06. The molecule has 1 aromatic carbocycles. The Morgan fingerprint density at radius 1 is 1.19 bits per heavy atom. The number of hydrogen-bond donors (Lipinski definition) is 1. The van der Waals surface area contributed by atoms with Gasteiger partial charge in [0.1, 0.15) is 11.5 Å². The quantitative estimate of drug-likeness (QED) is 0.616. The second-order valence-electron chi connectivity index (χ2n) is 6.67. The lowest BCUT2D eigenvalue weighted by molar-refractivity contribution is 0.153. The molecule has 0 bridgehead atoms. The van der Waals surface area contributed by atoms with Gasteiger partial charge in [-0.3, -0.25) is 14.3 Å². The number of aromatic nitrogens is 3. The lowest BCUT2D eigenvalue weighted by atomic mass is 10.1. The molecule has 0 amide bonds. The summed E-state index contributed by atoms with van der Waals surface area (Å²) in [5.74, 6) is -0.432. The molecule has 140 valence electrons. The largest absolute Gasteiger partial charge is 0.299 e. The summed E-state index contributed by atoms with van der Waals surface area (Å²) in [5.41, 5.74) is -0.165. The minimum Gasteiger partial charge on any atom is -0.299 e. The van der Waals surface area contributed by atoms with Crippen molar-refractivity contribution in [3.8, 4) is 11.3 Å². The molecule has 8 heteroatoms. The molecule has 2 aromatic heterocycles. The molecule has 0 aliphatic heterocycles. The fraction of sp³-hybridized carbons (Fsp3) is 0.316. The molecule has 2 heterocycles. The fourth-order valence-electron chi connectivity index (χ4n) is 3.72. The number of fused-ring (bicyclic) bond motifs is 1. The number of hydrogen-bond acceptors (Lipinski definition) is 3. The van der Waals surface area contributed by atoms with Crippen molar-refractivity contribution in [3.63, 3.8) is 0 Å². The van der Waals surface area contributed by atoms with E-state index in [2.05, 4.69) is 9.97 Å². The van der Waals surface area contributed by atoms with Crippen LogP contribution in [-0.4, -0.2) is 14.5 Å². The van der Waals surface area contributed by atoms with E-state index < -0.39 is 23.4 Å². The second kappa shape index (κ2) is 6.92. The van der Waals surface area contributed by atoms with Gasteiger partial charge in [-0.2, -0.15) is 0 Å². The minimum absolute atomic E-state index is 0.0124. The van der Waals surface area contributed by atoms with Crippen molar-refractivity contribution < 1.29 is 13.2 Å². The molecule has 0 radical (unpaired) electrons.